The van der Waals surface area contributed by atoms with E-state index in [-0.39, 0.29) is 30.1 Å². The summed E-state index contributed by atoms with van der Waals surface area (Å²) in [6.45, 7) is 1.19. The van der Waals surface area contributed by atoms with Gasteiger partial charge in [-0.1, -0.05) is 91.0 Å². The number of aromatic amines is 1. The largest absolute Gasteiger partial charge is 0.453 e. The van der Waals surface area contributed by atoms with Gasteiger partial charge in [0.1, 0.15) is 17.4 Å². The van der Waals surface area contributed by atoms with Crippen molar-refractivity contribution in [3.05, 3.63) is 143 Å². The lowest BCUT2D eigenvalue weighted by atomic mass is 9.81. The molecule has 0 unspecified atom stereocenters. The second-order valence-electron chi connectivity index (χ2n) is 12.8. The van der Waals surface area contributed by atoms with Crippen molar-refractivity contribution in [2.75, 3.05) is 20.3 Å². The number of methoxy groups -OCH3 is 1. The number of alkyl carbamates (subject to hydrolysis) is 1. The summed E-state index contributed by atoms with van der Waals surface area (Å²) in [6.07, 6.45) is 3.73. The van der Waals surface area contributed by atoms with Crippen LogP contribution in [0.4, 0.5) is 4.79 Å². The first kappa shape index (κ1) is 35.4. The van der Waals surface area contributed by atoms with E-state index in [4.69, 9.17) is 9.47 Å². The number of carbonyl (C=O) groups is 3. The molecular formula is C41H43N5O5. The highest BCUT2D eigenvalue weighted by Crippen LogP contribution is 2.30. The number of ether oxygens (including phenoxy) is 2. The molecule has 3 heterocycles. The van der Waals surface area contributed by atoms with E-state index in [1.165, 1.54) is 7.11 Å². The van der Waals surface area contributed by atoms with Crippen molar-refractivity contribution >= 4 is 17.7 Å². The summed E-state index contributed by atoms with van der Waals surface area (Å²) in [5.74, 6) is -0.510. The van der Waals surface area contributed by atoms with E-state index < -0.39 is 18.1 Å². The van der Waals surface area contributed by atoms with Crippen LogP contribution in [0, 0.1) is 0 Å². The third-order valence-electron chi connectivity index (χ3n) is 9.37. The number of aryl methyl sites for hydroxylation is 1. The predicted octanol–water partition coefficient (Wildman–Crippen LogP) is 6.09. The normalized spacial score (nSPS) is 16.4. The number of H-pyrrole nitrogens is 1. The van der Waals surface area contributed by atoms with Crippen LogP contribution >= 0.6 is 0 Å². The Morgan fingerprint density at radius 1 is 0.863 bits per heavy atom. The van der Waals surface area contributed by atoms with Crippen molar-refractivity contribution in [1.82, 2.24) is 25.8 Å². The average molecular weight is 686 g/mol. The van der Waals surface area contributed by atoms with Gasteiger partial charge in [-0.25, -0.2) is 4.79 Å². The summed E-state index contributed by atoms with van der Waals surface area (Å²) in [5.41, 5.74) is 5.68. The minimum atomic E-state index is -0.846. The number of amides is 1. The zero-order chi connectivity index (χ0) is 35.4. The van der Waals surface area contributed by atoms with Crippen LogP contribution in [0.15, 0.2) is 115 Å². The molecular weight excluding hydrogens is 642 g/mol. The molecule has 0 radical (unpaired) electrons. The number of carbonyl (C=O) groups excluding carboxylic acids is 3. The smallest absolute Gasteiger partial charge is 0.407 e. The first-order valence-electron chi connectivity index (χ1n) is 17.4. The molecule has 3 N–H and O–H groups in total. The second-order valence-corrected chi connectivity index (χ2v) is 12.8. The fourth-order valence-corrected chi connectivity index (χ4v) is 6.61. The lowest BCUT2D eigenvalue weighted by Gasteiger charge is -2.30. The molecule has 1 aliphatic heterocycles. The average Bonchev–Trinajstić information content (AvgIpc) is 3.69. The number of rotatable bonds is 15. The highest BCUT2D eigenvalue weighted by Gasteiger charge is 2.33. The zero-order valence-corrected chi connectivity index (χ0v) is 28.7. The number of hydrogen-bond donors (Lipinski definition) is 3. The summed E-state index contributed by atoms with van der Waals surface area (Å²) in [4.78, 5) is 43.9. The number of hydrogen-bond acceptors (Lipinski definition) is 8. The van der Waals surface area contributed by atoms with Gasteiger partial charge in [0.05, 0.1) is 25.5 Å². The Balaban J connectivity index is 1.04. The number of Topliss-reactive ketones (excluding diaryl/α,β-unsaturated/α-hetero) is 2. The molecule has 1 saturated heterocycles. The SMILES string of the molecule is COC(=O)N[C@H](C(=O)Cc1ccccc1CC[C@@H]1CN[C@H](CCC(=O)c2cc(-c3ccccn3)n[nH]2)CO1)C(c1ccccc1)c1ccccc1. The zero-order valence-electron chi connectivity index (χ0n) is 28.7. The number of aromatic nitrogens is 3. The number of morpholine rings is 1. The maximum atomic E-state index is 14.2. The molecule has 6 rings (SSSR count). The molecule has 2 aromatic heterocycles. The summed E-state index contributed by atoms with van der Waals surface area (Å²) < 4.78 is 11.2. The highest BCUT2D eigenvalue weighted by atomic mass is 16.5. The molecule has 0 spiro atoms. The number of ketones is 2. The fourth-order valence-electron chi connectivity index (χ4n) is 6.61. The van der Waals surface area contributed by atoms with Crippen molar-refractivity contribution in [3.8, 4) is 11.4 Å². The summed E-state index contributed by atoms with van der Waals surface area (Å²) in [5, 5.41) is 13.5. The number of benzene rings is 3. The van der Waals surface area contributed by atoms with Crippen LogP contribution in [0.2, 0.25) is 0 Å². The molecule has 10 nitrogen and oxygen atoms in total. The lowest BCUT2D eigenvalue weighted by molar-refractivity contribution is -0.120. The van der Waals surface area contributed by atoms with Crippen molar-refractivity contribution in [2.24, 2.45) is 0 Å². The standard InChI is InChI=1S/C41H43N5O5/c1-50-41(49)44-40(39(29-13-4-2-5-14-29)30-15-6-3-7-16-30)38(48)24-31-17-9-8-12-28(31)19-21-33-26-43-32(27-51-33)20-22-37(47)36-25-35(45-46-36)34-18-10-11-23-42-34/h2-18,23,25,32-33,39-40,43H,19-22,24,26-27H2,1H3,(H,44,49)(H,45,46)/t32-,33-,40-/m1/s1. The third-order valence-corrected chi connectivity index (χ3v) is 9.37. The lowest BCUT2D eigenvalue weighted by Crippen LogP contribution is -2.46. The third kappa shape index (κ3) is 9.42. The van der Waals surface area contributed by atoms with Gasteiger partial charge in [-0.3, -0.25) is 19.7 Å². The topological polar surface area (TPSA) is 135 Å². The van der Waals surface area contributed by atoms with Crippen molar-refractivity contribution in [3.63, 3.8) is 0 Å². The number of nitrogens with zero attached hydrogens (tertiary/aromatic N) is 2. The molecule has 51 heavy (non-hydrogen) atoms. The molecule has 0 saturated carbocycles. The number of nitrogens with one attached hydrogen (secondary N) is 3. The van der Waals surface area contributed by atoms with Crippen LogP contribution in [0.1, 0.15) is 57.9 Å². The maximum absolute atomic E-state index is 14.2. The Labute approximate surface area is 298 Å². The molecule has 1 fully saturated rings. The van der Waals surface area contributed by atoms with E-state index >= 15 is 0 Å². The first-order valence-corrected chi connectivity index (χ1v) is 17.4. The van der Waals surface area contributed by atoms with Crippen molar-refractivity contribution in [1.29, 1.82) is 0 Å². The van der Waals surface area contributed by atoms with Gasteiger partial charge in [0.15, 0.2) is 11.6 Å². The van der Waals surface area contributed by atoms with Crippen LogP contribution < -0.4 is 10.6 Å². The molecule has 0 aliphatic carbocycles. The van der Waals surface area contributed by atoms with Crippen LogP contribution in [0.3, 0.4) is 0 Å². The van der Waals surface area contributed by atoms with Crippen LogP contribution in [-0.4, -0.2) is 71.3 Å². The van der Waals surface area contributed by atoms with E-state index in [2.05, 4.69) is 31.9 Å². The predicted molar refractivity (Wildman–Crippen MR) is 194 cm³/mol. The van der Waals surface area contributed by atoms with Crippen LogP contribution in [0.5, 0.6) is 0 Å². The van der Waals surface area contributed by atoms with Gasteiger partial charge in [0, 0.05) is 37.5 Å². The Morgan fingerprint density at radius 2 is 1.55 bits per heavy atom. The van der Waals surface area contributed by atoms with Crippen molar-refractivity contribution in [2.45, 2.75) is 56.2 Å². The Bertz CT molecular complexity index is 1840. The molecule has 1 aliphatic rings. The van der Waals surface area contributed by atoms with E-state index in [0.29, 0.717) is 37.4 Å². The van der Waals surface area contributed by atoms with E-state index in [9.17, 15) is 14.4 Å². The minimum absolute atomic E-state index is 0.00245. The molecule has 3 atom stereocenters. The van der Waals surface area contributed by atoms with Crippen LogP contribution in [-0.2, 0) is 27.1 Å². The highest BCUT2D eigenvalue weighted by molar-refractivity contribution is 5.95. The van der Waals surface area contributed by atoms with Gasteiger partial charge in [0.25, 0.3) is 0 Å². The Morgan fingerprint density at radius 3 is 2.20 bits per heavy atom. The van der Waals surface area contributed by atoms with Crippen LogP contribution in [0.25, 0.3) is 11.4 Å². The van der Waals surface area contributed by atoms with E-state index in [1.54, 1.807) is 12.3 Å². The van der Waals surface area contributed by atoms with Crippen molar-refractivity contribution < 1.29 is 23.9 Å². The molecule has 10 heteroatoms. The van der Waals surface area contributed by atoms with Gasteiger partial charge in [-0.05, 0) is 59.7 Å². The molecule has 3 aromatic carbocycles. The fraction of sp³-hybridized carbons (Fsp3) is 0.293. The maximum Gasteiger partial charge on any atom is 0.407 e. The van der Waals surface area contributed by atoms with Gasteiger partial charge in [0.2, 0.25) is 0 Å². The molecule has 5 aromatic rings. The van der Waals surface area contributed by atoms with E-state index in [0.717, 1.165) is 40.8 Å². The summed E-state index contributed by atoms with van der Waals surface area (Å²) >= 11 is 0. The van der Waals surface area contributed by atoms with Gasteiger partial charge in [-0.15, -0.1) is 0 Å². The second kappa shape index (κ2) is 17.5. The molecule has 262 valence electrons. The first-order chi connectivity index (χ1) is 25.0. The Hall–Kier alpha value is -5.45. The molecule has 1 amide bonds. The Kier molecular flexibility index (Phi) is 12.1. The van der Waals surface area contributed by atoms with Gasteiger partial charge < -0.3 is 20.1 Å². The van der Waals surface area contributed by atoms with Gasteiger partial charge >= 0.3 is 6.09 Å². The van der Waals surface area contributed by atoms with E-state index in [1.807, 2.05) is 97.1 Å². The monoisotopic (exact) mass is 685 g/mol. The quantitative estimate of drug-likeness (QED) is 0.113. The summed E-state index contributed by atoms with van der Waals surface area (Å²) in [6, 6.07) is 34.0. The van der Waals surface area contributed by atoms with Gasteiger partial charge in [-0.2, -0.15) is 5.10 Å². The number of pyridine rings is 1. The summed E-state index contributed by atoms with van der Waals surface area (Å²) in [7, 11) is 1.30. The molecule has 0 bridgehead atoms. The minimum Gasteiger partial charge on any atom is -0.453 e.